The topological polar surface area (TPSA) is 41.9 Å². The lowest BCUT2D eigenvalue weighted by molar-refractivity contribution is -0.479. The van der Waals surface area contributed by atoms with E-state index in [2.05, 4.69) is 35.6 Å². The molecule has 6 heteroatoms. The molecule has 1 aliphatic heterocycles. The van der Waals surface area contributed by atoms with Crippen molar-refractivity contribution in [3.8, 4) is 0 Å². The van der Waals surface area contributed by atoms with Gasteiger partial charge in [-0.05, 0) is 45.4 Å². The summed E-state index contributed by atoms with van der Waals surface area (Å²) in [6.07, 6.45) is 0.944. The highest BCUT2D eigenvalue weighted by Gasteiger charge is 2.32. The van der Waals surface area contributed by atoms with E-state index in [1.165, 1.54) is 13.2 Å². The van der Waals surface area contributed by atoms with Crippen molar-refractivity contribution in [3.05, 3.63) is 35.4 Å². The van der Waals surface area contributed by atoms with Crippen LogP contribution < -0.4 is 0 Å². The first-order valence-electron chi connectivity index (χ1n) is 6.83. The van der Waals surface area contributed by atoms with Gasteiger partial charge in [0.1, 0.15) is 11.6 Å². The molecule has 21 heavy (non-hydrogen) atoms. The number of hydrogen-bond donors (Lipinski definition) is 1. The number of hydrogen-bond acceptors (Lipinski definition) is 4. The highest BCUT2D eigenvalue weighted by Crippen LogP contribution is 2.32. The number of nitrogens with zero attached hydrogens (tertiary/aromatic N) is 1. The van der Waals surface area contributed by atoms with Gasteiger partial charge in [0.25, 0.3) is 0 Å². The van der Waals surface area contributed by atoms with Gasteiger partial charge in [0, 0.05) is 24.1 Å². The molecule has 1 saturated heterocycles. The van der Waals surface area contributed by atoms with Crippen molar-refractivity contribution < 1.29 is 24.0 Å². The molecule has 0 radical (unpaired) electrons. The Kier molecular flexibility index (Phi) is 6.67. The second kappa shape index (κ2) is 7.79. The molecule has 1 aliphatic rings. The Hall–Kier alpha value is -1.08. The second-order valence-corrected chi connectivity index (χ2v) is 6.01. The smallest absolute Gasteiger partial charge is 0.129 e. The summed E-state index contributed by atoms with van der Waals surface area (Å²) in [7, 11) is 1.21. The highest BCUT2D eigenvalue weighted by atomic mass is 19.1. The van der Waals surface area contributed by atoms with Gasteiger partial charge in [0.15, 0.2) is 0 Å². The lowest BCUT2D eigenvalue weighted by Gasteiger charge is -2.31. The molecule has 0 saturated carbocycles. The zero-order chi connectivity index (χ0) is 16.0. The average Bonchev–Trinajstić information content (AvgIpc) is 2.88. The zero-order valence-corrected chi connectivity index (χ0v) is 12.9. The Morgan fingerprint density at radius 2 is 1.90 bits per heavy atom. The molecule has 1 aromatic rings. The van der Waals surface area contributed by atoms with Crippen LogP contribution in [0.2, 0.25) is 0 Å². The van der Waals surface area contributed by atoms with Crippen LogP contribution in [-0.4, -0.2) is 35.9 Å². The molecule has 1 fully saturated rings. The summed E-state index contributed by atoms with van der Waals surface area (Å²) in [6, 6.07) is 3.91. The molecule has 1 N–H and O–H groups in total. The van der Waals surface area contributed by atoms with Crippen LogP contribution in [0.1, 0.15) is 38.7 Å². The normalized spacial score (nSPS) is 19.3. The van der Waals surface area contributed by atoms with Gasteiger partial charge in [-0.25, -0.2) is 18.9 Å². The minimum Gasteiger partial charge on any atom is -0.298 e. The zero-order valence-electron chi connectivity index (χ0n) is 12.9. The van der Waals surface area contributed by atoms with E-state index in [4.69, 9.17) is 5.26 Å². The average molecular weight is 303 g/mol. The fraction of sp³-hybridized carbons (Fsp3) is 0.600. The molecular weight excluding hydrogens is 280 g/mol. The number of rotatable bonds is 2. The van der Waals surface area contributed by atoms with Crippen molar-refractivity contribution in [1.82, 2.24) is 4.90 Å². The first kappa shape index (κ1) is 18.0. The van der Waals surface area contributed by atoms with Crippen LogP contribution in [-0.2, 0) is 9.93 Å². The number of halogens is 2. The molecule has 0 bridgehead atoms. The molecule has 4 nitrogen and oxygen atoms in total. The van der Waals surface area contributed by atoms with Crippen LogP contribution in [0.5, 0.6) is 0 Å². The van der Waals surface area contributed by atoms with Crippen LogP contribution in [0, 0.1) is 11.6 Å². The van der Waals surface area contributed by atoms with E-state index in [1.54, 1.807) is 6.07 Å². The number of benzene rings is 1. The largest absolute Gasteiger partial charge is 0.298 e. The SMILES string of the molecule is CC(C)(C)N1CCC(c2ccc(F)cc2F)C1.COOO. The van der Waals surface area contributed by atoms with Crippen LogP contribution in [0.15, 0.2) is 18.2 Å². The monoisotopic (exact) mass is 303 g/mol. The fourth-order valence-corrected chi connectivity index (χ4v) is 2.46. The van der Waals surface area contributed by atoms with E-state index >= 15 is 0 Å². The minimum atomic E-state index is -0.503. The van der Waals surface area contributed by atoms with Crippen molar-refractivity contribution in [1.29, 1.82) is 0 Å². The second-order valence-electron chi connectivity index (χ2n) is 6.01. The summed E-state index contributed by atoms with van der Waals surface area (Å²) in [5.74, 6) is -0.725. The number of likely N-dealkylation sites (tertiary alicyclic amines) is 1. The van der Waals surface area contributed by atoms with Crippen molar-refractivity contribution in [3.63, 3.8) is 0 Å². The van der Waals surface area contributed by atoms with Crippen molar-refractivity contribution in [2.75, 3.05) is 20.2 Å². The summed E-state index contributed by atoms with van der Waals surface area (Å²) in [5.41, 5.74) is 0.767. The lowest BCUT2D eigenvalue weighted by Crippen LogP contribution is -2.39. The minimum absolute atomic E-state index is 0.116. The summed E-state index contributed by atoms with van der Waals surface area (Å²) < 4.78 is 26.5. The maximum Gasteiger partial charge on any atom is 0.129 e. The third-order valence-corrected chi connectivity index (χ3v) is 3.61. The predicted molar refractivity (Wildman–Crippen MR) is 75.8 cm³/mol. The Bertz CT molecular complexity index is 447. The van der Waals surface area contributed by atoms with E-state index in [-0.39, 0.29) is 11.5 Å². The van der Waals surface area contributed by atoms with E-state index in [0.29, 0.717) is 5.56 Å². The van der Waals surface area contributed by atoms with E-state index < -0.39 is 11.6 Å². The molecule has 1 heterocycles. The Morgan fingerprint density at radius 1 is 1.29 bits per heavy atom. The first-order chi connectivity index (χ1) is 9.79. The predicted octanol–water partition coefficient (Wildman–Crippen LogP) is 3.59. The third-order valence-electron chi connectivity index (χ3n) is 3.61. The standard InChI is InChI=1S/C14H19F2N.CH4O3/c1-14(2,3)17-7-6-10(9-17)12-5-4-11(15)8-13(12)16;1-3-4-2/h4-5,8,10H,6-7,9H2,1-3H3;2H,1H3. The van der Waals surface area contributed by atoms with Crippen molar-refractivity contribution >= 4 is 0 Å². The van der Waals surface area contributed by atoms with Crippen LogP contribution in [0.4, 0.5) is 8.78 Å². The molecule has 2 rings (SSSR count). The quantitative estimate of drug-likeness (QED) is 0.669. The maximum absolute atomic E-state index is 13.7. The summed E-state index contributed by atoms with van der Waals surface area (Å²) in [6.45, 7) is 8.32. The lowest BCUT2D eigenvalue weighted by atomic mass is 9.97. The van der Waals surface area contributed by atoms with Crippen LogP contribution >= 0.6 is 0 Å². The van der Waals surface area contributed by atoms with Crippen LogP contribution in [0.3, 0.4) is 0 Å². The van der Waals surface area contributed by atoms with Gasteiger partial charge in [0.2, 0.25) is 0 Å². The maximum atomic E-state index is 13.7. The summed E-state index contributed by atoms with van der Waals surface area (Å²) in [4.78, 5) is 5.94. The highest BCUT2D eigenvalue weighted by molar-refractivity contribution is 5.24. The van der Waals surface area contributed by atoms with Gasteiger partial charge in [0.05, 0.1) is 7.11 Å². The molecule has 1 atom stereocenters. The molecule has 120 valence electrons. The Balaban J connectivity index is 0.000000491. The molecule has 1 aromatic carbocycles. The molecule has 1 unspecified atom stereocenters. The fourth-order valence-electron chi connectivity index (χ4n) is 2.46. The van der Waals surface area contributed by atoms with E-state index in [1.807, 2.05) is 0 Å². The first-order valence-corrected chi connectivity index (χ1v) is 6.83. The Labute approximate surface area is 124 Å². The van der Waals surface area contributed by atoms with Gasteiger partial charge < -0.3 is 0 Å². The van der Waals surface area contributed by atoms with Gasteiger partial charge in [-0.2, -0.15) is 0 Å². The molecule has 0 aliphatic carbocycles. The van der Waals surface area contributed by atoms with Gasteiger partial charge >= 0.3 is 0 Å². The van der Waals surface area contributed by atoms with E-state index in [9.17, 15) is 8.78 Å². The Morgan fingerprint density at radius 3 is 2.33 bits per heavy atom. The van der Waals surface area contributed by atoms with E-state index in [0.717, 1.165) is 25.6 Å². The van der Waals surface area contributed by atoms with Gasteiger partial charge in [-0.1, -0.05) is 11.1 Å². The molecular formula is C15H23F2NO3. The molecule has 0 aromatic heterocycles. The third kappa shape index (κ3) is 5.32. The van der Waals surface area contributed by atoms with Crippen molar-refractivity contribution in [2.45, 2.75) is 38.6 Å². The summed E-state index contributed by atoms with van der Waals surface area (Å²) >= 11 is 0. The van der Waals surface area contributed by atoms with Gasteiger partial charge in [-0.3, -0.25) is 4.90 Å². The van der Waals surface area contributed by atoms with Gasteiger partial charge in [-0.15, -0.1) is 0 Å². The van der Waals surface area contributed by atoms with Crippen LogP contribution in [0.25, 0.3) is 0 Å². The summed E-state index contributed by atoms with van der Waals surface area (Å²) in [5, 5.41) is 10.2. The molecule has 0 amide bonds. The molecule has 0 spiro atoms. The van der Waals surface area contributed by atoms with Crippen molar-refractivity contribution in [2.24, 2.45) is 0 Å².